The van der Waals surface area contributed by atoms with Crippen LogP contribution in [0.4, 0.5) is 10.5 Å². The Kier molecular flexibility index (Phi) is 7.84. The van der Waals surface area contributed by atoms with Gasteiger partial charge in [0.2, 0.25) is 0 Å². The molecule has 0 aliphatic carbocycles. The number of anilines is 1. The molecule has 9 nitrogen and oxygen atoms in total. The predicted octanol–water partition coefficient (Wildman–Crippen LogP) is 0.142. The van der Waals surface area contributed by atoms with E-state index in [-0.39, 0.29) is 12.6 Å². The standard InChI is InChI=1S/C12H20N4O5/c1-20-5-6-21-4-2-3-13-12(19)15-10-7-14-16(8-10)9-11(17)18/h7-8H,2-6,9H2,1H3,(H,17,18)(H2,13,15,19). The average Bonchev–Trinajstić information content (AvgIpc) is 2.84. The molecule has 0 atom stereocenters. The second kappa shape index (κ2) is 9.72. The molecule has 3 N–H and O–H groups in total. The lowest BCUT2D eigenvalue weighted by Gasteiger charge is -2.06. The molecule has 1 rings (SSSR count). The van der Waals surface area contributed by atoms with E-state index in [0.29, 0.717) is 38.5 Å². The highest BCUT2D eigenvalue weighted by atomic mass is 16.5. The van der Waals surface area contributed by atoms with Gasteiger partial charge in [-0.3, -0.25) is 9.48 Å². The largest absolute Gasteiger partial charge is 0.480 e. The van der Waals surface area contributed by atoms with Crippen molar-refractivity contribution in [1.82, 2.24) is 15.1 Å². The van der Waals surface area contributed by atoms with E-state index < -0.39 is 5.97 Å². The van der Waals surface area contributed by atoms with Gasteiger partial charge < -0.3 is 25.2 Å². The van der Waals surface area contributed by atoms with Gasteiger partial charge in [-0.05, 0) is 6.42 Å². The molecule has 118 valence electrons. The average molecular weight is 300 g/mol. The van der Waals surface area contributed by atoms with Crippen molar-refractivity contribution in [3.63, 3.8) is 0 Å². The van der Waals surface area contributed by atoms with Crippen LogP contribution in [0.2, 0.25) is 0 Å². The summed E-state index contributed by atoms with van der Waals surface area (Å²) >= 11 is 0. The van der Waals surface area contributed by atoms with Crippen LogP contribution in [0, 0.1) is 0 Å². The molecule has 0 spiro atoms. The van der Waals surface area contributed by atoms with Crippen LogP contribution in [0.15, 0.2) is 12.4 Å². The van der Waals surface area contributed by atoms with Gasteiger partial charge in [-0.2, -0.15) is 5.10 Å². The molecule has 9 heteroatoms. The van der Waals surface area contributed by atoms with Crippen molar-refractivity contribution in [2.75, 3.05) is 38.8 Å². The lowest BCUT2D eigenvalue weighted by atomic mass is 10.4. The maximum atomic E-state index is 11.5. The van der Waals surface area contributed by atoms with Crippen LogP contribution in [0.5, 0.6) is 0 Å². The highest BCUT2D eigenvalue weighted by Crippen LogP contribution is 2.04. The highest BCUT2D eigenvalue weighted by Gasteiger charge is 2.05. The number of rotatable bonds is 10. The Morgan fingerprint density at radius 3 is 2.90 bits per heavy atom. The summed E-state index contributed by atoms with van der Waals surface area (Å²) in [7, 11) is 1.61. The molecule has 1 aromatic rings. The molecule has 0 aliphatic heterocycles. The molecule has 0 saturated carbocycles. The number of hydrogen-bond donors (Lipinski definition) is 3. The Morgan fingerprint density at radius 1 is 1.38 bits per heavy atom. The maximum Gasteiger partial charge on any atom is 0.325 e. The number of hydrogen-bond acceptors (Lipinski definition) is 5. The maximum absolute atomic E-state index is 11.5. The number of methoxy groups -OCH3 is 1. The van der Waals surface area contributed by atoms with E-state index in [0.717, 1.165) is 0 Å². The summed E-state index contributed by atoms with van der Waals surface area (Å²) in [6.45, 7) is 1.85. The monoisotopic (exact) mass is 300 g/mol. The Morgan fingerprint density at radius 2 is 2.19 bits per heavy atom. The number of amides is 2. The molecule has 1 aromatic heterocycles. The van der Waals surface area contributed by atoms with Gasteiger partial charge in [-0.25, -0.2) is 4.79 Å². The Bertz CT molecular complexity index is 449. The molecule has 0 aromatic carbocycles. The minimum Gasteiger partial charge on any atom is -0.480 e. The number of carbonyl (C=O) groups is 2. The third-order valence-electron chi connectivity index (χ3n) is 2.37. The summed E-state index contributed by atoms with van der Waals surface area (Å²) < 4.78 is 11.3. The van der Waals surface area contributed by atoms with Gasteiger partial charge in [0.05, 0.1) is 25.1 Å². The summed E-state index contributed by atoms with van der Waals surface area (Å²) in [4.78, 5) is 22.0. The number of carboxylic acids is 1. The predicted molar refractivity (Wildman–Crippen MR) is 74.2 cm³/mol. The number of aromatic nitrogens is 2. The number of nitrogens with zero attached hydrogens (tertiary/aromatic N) is 2. The number of nitrogens with one attached hydrogen (secondary N) is 2. The summed E-state index contributed by atoms with van der Waals surface area (Å²) in [5.41, 5.74) is 0.435. The van der Waals surface area contributed by atoms with E-state index >= 15 is 0 Å². The summed E-state index contributed by atoms with van der Waals surface area (Å²) in [5.74, 6) is -0.998. The molecule has 1 heterocycles. The van der Waals surface area contributed by atoms with Crippen molar-refractivity contribution < 1.29 is 24.2 Å². The van der Waals surface area contributed by atoms with Gasteiger partial charge in [0.1, 0.15) is 6.54 Å². The van der Waals surface area contributed by atoms with E-state index in [1.54, 1.807) is 7.11 Å². The van der Waals surface area contributed by atoms with Crippen LogP contribution >= 0.6 is 0 Å². The molecular formula is C12H20N4O5. The van der Waals surface area contributed by atoms with E-state index in [1.807, 2.05) is 0 Å². The lowest BCUT2D eigenvalue weighted by Crippen LogP contribution is -2.30. The number of carboxylic acid groups (broad SMARTS) is 1. The minimum atomic E-state index is -0.998. The number of urea groups is 1. The Labute approximate surface area is 122 Å². The fourth-order valence-electron chi connectivity index (χ4n) is 1.45. The van der Waals surface area contributed by atoms with Gasteiger partial charge >= 0.3 is 12.0 Å². The van der Waals surface area contributed by atoms with Crippen LogP contribution in [-0.2, 0) is 20.8 Å². The van der Waals surface area contributed by atoms with Crippen LogP contribution in [0.1, 0.15) is 6.42 Å². The van der Waals surface area contributed by atoms with Crippen LogP contribution < -0.4 is 10.6 Å². The van der Waals surface area contributed by atoms with Crippen molar-refractivity contribution in [2.45, 2.75) is 13.0 Å². The second-order valence-electron chi connectivity index (χ2n) is 4.16. The van der Waals surface area contributed by atoms with E-state index in [1.165, 1.54) is 17.1 Å². The molecule has 21 heavy (non-hydrogen) atoms. The fourth-order valence-corrected chi connectivity index (χ4v) is 1.45. The van der Waals surface area contributed by atoms with Crippen molar-refractivity contribution in [3.8, 4) is 0 Å². The Hall–Kier alpha value is -2.13. The third-order valence-corrected chi connectivity index (χ3v) is 2.37. The molecule has 0 aliphatic rings. The van der Waals surface area contributed by atoms with Gasteiger partial charge in [0.15, 0.2) is 0 Å². The van der Waals surface area contributed by atoms with Gasteiger partial charge in [0.25, 0.3) is 0 Å². The van der Waals surface area contributed by atoms with Crippen LogP contribution in [0.3, 0.4) is 0 Å². The molecule has 0 bridgehead atoms. The number of carbonyl (C=O) groups excluding carboxylic acids is 1. The van der Waals surface area contributed by atoms with Crippen LogP contribution in [-0.4, -0.2) is 60.4 Å². The van der Waals surface area contributed by atoms with Crippen molar-refractivity contribution in [3.05, 3.63) is 12.4 Å². The number of ether oxygens (including phenoxy) is 2. The first-order valence-electron chi connectivity index (χ1n) is 6.47. The van der Waals surface area contributed by atoms with E-state index in [9.17, 15) is 9.59 Å². The van der Waals surface area contributed by atoms with Crippen molar-refractivity contribution in [1.29, 1.82) is 0 Å². The molecule has 0 fully saturated rings. The summed E-state index contributed by atoms with van der Waals surface area (Å²) in [5, 5.41) is 17.6. The van der Waals surface area contributed by atoms with E-state index in [4.69, 9.17) is 14.6 Å². The SMILES string of the molecule is COCCOCCCNC(=O)Nc1cnn(CC(=O)O)c1. The lowest BCUT2D eigenvalue weighted by molar-refractivity contribution is -0.137. The van der Waals surface area contributed by atoms with Crippen molar-refractivity contribution in [2.24, 2.45) is 0 Å². The minimum absolute atomic E-state index is 0.248. The zero-order valence-electron chi connectivity index (χ0n) is 11.9. The number of aliphatic carboxylic acids is 1. The normalized spacial score (nSPS) is 10.3. The molecule has 0 unspecified atom stereocenters. The third kappa shape index (κ3) is 7.90. The molecular weight excluding hydrogens is 280 g/mol. The molecule has 0 saturated heterocycles. The fraction of sp³-hybridized carbons (Fsp3) is 0.583. The molecule has 0 radical (unpaired) electrons. The topological polar surface area (TPSA) is 115 Å². The second-order valence-corrected chi connectivity index (χ2v) is 4.16. The van der Waals surface area contributed by atoms with Gasteiger partial charge in [0, 0.05) is 26.5 Å². The molecule has 2 amide bonds. The first-order valence-corrected chi connectivity index (χ1v) is 6.47. The zero-order chi connectivity index (χ0) is 15.5. The van der Waals surface area contributed by atoms with Crippen LogP contribution in [0.25, 0.3) is 0 Å². The van der Waals surface area contributed by atoms with Gasteiger partial charge in [-0.15, -0.1) is 0 Å². The quantitative estimate of drug-likeness (QED) is 0.530. The zero-order valence-corrected chi connectivity index (χ0v) is 11.9. The van der Waals surface area contributed by atoms with Crippen molar-refractivity contribution >= 4 is 17.7 Å². The first-order chi connectivity index (χ1) is 10.1. The first kappa shape index (κ1) is 16.9. The highest BCUT2D eigenvalue weighted by molar-refractivity contribution is 5.88. The summed E-state index contributed by atoms with van der Waals surface area (Å²) in [6.07, 6.45) is 3.52. The summed E-state index contributed by atoms with van der Waals surface area (Å²) in [6, 6.07) is -0.373. The van der Waals surface area contributed by atoms with Gasteiger partial charge in [-0.1, -0.05) is 0 Å². The van der Waals surface area contributed by atoms with E-state index in [2.05, 4.69) is 15.7 Å². The smallest absolute Gasteiger partial charge is 0.325 e. The Balaban J connectivity index is 2.13.